The Hall–Kier alpha value is -1.36. The van der Waals surface area contributed by atoms with Gasteiger partial charge in [0.05, 0.1) is 12.0 Å². The molecule has 0 bridgehead atoms. The maximum absolute atomic E-state index is 11.1. The van der Waals surface area contributed by atoms with Crippen LogP contribution in [0.25, 0.3) is 0 Å². The fraction of sp³-hybridized carbons (Fsp3) is 0.733. The lowest BCUT2D eigenvalue weighted by molar-refractivity contribution is -0.142. The van der Waals surface area contributed by atoms with Crippen LogP contribution in [0.5, 0.6) is 0 Å². The van der Waals surface area contributed by atoms with Gasteiger partial charge in [0.1, 0.15) is 5.82 Å². The summed E-state index contributed by atoms with van der Waals surface area (Å²) in [5.74, 6) is 0.248. The summed E-state index contributed by atoms with van der Waals surface area (Å²) in [6, 6.07) is 0.420. The van der Waals surface area contributed by atoms with E-state index in [0.717, 1.165) is 37.6 Å². The highest BCUT2D eigenvalue weighted by atomic mass is 16.4. The molecule has 2 atom stereocenters. The molecule has 3 heterocycles. The van der Waals surface area contributed by atoms with Crippen molar-refractivity contribution in [2.75, 3.05) is 13.1 Å². The number of imidazole rings is 1. The van der Waals surface area contributed by atoms with Gasteiger partial charge in [-0.05, 0) is 32.4 Å². The first-order valence-electron chi connectivity index (χ1n) is 7.72. The van der Waals surface area contributed by atoms with Crippen molar-refractivity contribution < 1.29 is 9.90 Å². The topological polar surface area (TPSA) is 58.4 Å². The minimum Gasteiger partial charge on any atom is -0.481 e. The van der Waals surface area contributed by atoms with E-state index in [4.69, 9.17) is 5.11 Å². The fourth-order valence-corrected chi connectivity index (χ4v) is 3.63. The van der Waals surface area contributed by atoms with E-state index in [0.29, 0.717) is 12.5 Å². The molecule has 110 valence electrons. The molecule has 1 N–H and O–H groups in total. The number of aromatic nitrogens is 2. The van der Waals surface area contributed by atoms with E-state index in [1.54, 1.807) is 0 Å². The number of rotatable bonds is 3. The van der Waals surface area contributed by atoms with Crippen LogP contribution in [0, 0.1) is 5.92 Å². The second kappa shape index (κ2) is 5.56. The molecule has 0 aromatic carbocycles. The van der Waals surface area contributed by atoms with Crippen molar-refractivity contribution in [2.45, 2.75) is 51.6 Å². The number of piperidine rings is 1. The standard InChI is InChI=1S/C15H23N3O2/c1-2-17-7-4-3-5-13(17)14-16-10-12-9-11(15(19)20)6-8-18(12)14/h10-11,13H,2-9H2,1H3,(H,19,20). The van der Waals surface area contributed by atoms with Gasteiger partial charge in [0.15, 0.2) is 0 Å². The summed E-state index contributed by atoms with van der Waals surface area (Å²) < 4.78 is 2.28. The Balaban J connectivity index is 1.84. The number of carboxylic acid groups (broad SMARTS) is 1. The lowest BCUT2D eigenvalue weighted by atomic mass is 9.96. The van der Waals surface area contributed by atoms with Gasteiger partial charge in [-0.2, -0.15) is 0 Å². The summed E-state index contributed by atoms with van der Waals surface area (Å²) >= 11 is 0. The molecule has 2 unspecified atom stereocenters. The van der Waals surface area contributed by atoms with E-state index in [1.807, 2.05) is 6.20 Å². The molecule has 1 fully saturated rings. The minimum atomic E-state index is -0.674. The van der Waals surface area contributed by atoms with Crippen LogP contribution in [-0.2, 0) is 17.8 Å². The number of nitrogens with zero attached hydrogens (tertiary/aromatic N) is 3. The van der Waals surface area contributed by atoms with Gasteiger partial charge in [-0.15, -0.1) is 0 Å². The summed E-state index contributed by atoms with van der Waals surface area (Å²) in [7, 11) is 0. The third-order valence-electron chi connectivity index (χ3n) is 4.79. The third-order valence-corrected chi connectivity index (χ3v) is 4.79. The first kappa shape index (κ1) is 13.6. The lowest BCUT2D eigenvalue weighted by Crippen LogP contribution is -2.36. The highest BCUT2D eigenvalue weighted by molar-refractivity contribution is 5.70. The van der Waals surface area contributed by atoms with Crippen LogP contribution in [0.15, 0.2) is 6.20 Å². The third kappa shape index (κ3) is 2.35. The maximum Gasteiger partial charge on any atom is 0.306 e. The predicted octanol–water partition coefficient (Wildman–Crippen LogP) is 2.08. The van der Waals surface area contributed by atoms with Crippen LogP contribution >= 0.6 is 0 Å². The van der Waals surface area contributed by atoms with Gasteiger partial charge in [-0.3, -0.25) is 9.69 Å². The highest BCUT2D eigenvalue weighted by Gasteiger charge is 2.31. The highest BCUT2D eigenvalue weighted by Crippen LogP contribution is 2.32. The van der Waals surface area contributed by atoms with Gasteiger partial charge in [0, 0.05) is 24.9 Å². The predicted molar refractivity (Wildman–Crippen MR) is 75.5 cm³/mol. The Kier molecular flexibility index (Phi) is 3.78. The summed E-state index contributed by atoms with van der Waals surface area (Å²) in [5, 5.41) is 9.16. The molecule has 0 radical (unpaired) electrons. The second-order valence-electron chi connectivity index (χ2n) is 5.93. The zero-order valence-corrected chi connectivity index (χ0v) is 12.1. The van der Waals surface area contributed by atoms with Crippen molar-refractivity contribution in [3.8, 4) is 0 Å². The van der Waals surface area contributed by atoms with Crippen molar-refractivity contribution in [3.63, 3.8) is 0 Å². The molecule has 0 saturated carbocycles. The van der Waals surface area contributed by atoms with E-state index in [-0.39, 0.29) is 5.92 Å². The molecule has 0 aliphatic carbocycles. The molecule has 3 rings (SSSR count). The Bertz CT molecular complexity index is 497. The van der Waals surface area contributed by atoms with E-state index < -0.39 is 5.97 Å². The van der Waals surface area contributed by atoms with E-state index in [2.05, 4.69) is 21.4 Å². The lowest BCUT2D eigenvalue weighted by Gasteiger charge is -2.35. The Morgan fingerprint density at radius 3 is 3.00 bits per heavy atom. The molecule has 1 aromatic rings. The number of hydrogen-bond donors (Lipinski definition) is 1. The van der Waals surface area contributed by atoms with Crippen LogP contribution in [0.1, 0.15) is 50.2 Å². The summed E-state index contributed by atoms with van der Waals surface area (Å²) in [4.78, 5) is 18.3. The first-order valence-corrected chi connectivity index (χ1v) is 7.72. The largest absolute Gasteiger partial charge is 0.481 e. The first-order chi connectivity index (χ1) is 9.70. The van der Waals surface area contributed by atoms with Crippen molar-refractivity contribution in [2.24, 2.45) is 5.92 Å². The second-order valence-corrected chi connectivity index (χ2v) is 5.93. The molecular formula is C15H23N3O2. The Morgan fingerprint density at radius 1 is 1.40 bits per heavy atom. The molecule has 2 aliphatic heterocycles. The fourth-order valence-electron chi connectivity index (χ4n) is 3.63. The van der Waals surface area contributed by atoms with Crippen LogP contribution in [-0.4, -0.2) is 38.6 Å². The average Bonchev–Trinajstić information content (AvgIpc) is 2.89. The molecule has 5 nitrogen and oxygen atoms in total. The zero-order valence-electron chi connectivity index (χ0n) is 12.1. The van der Waals surface area contributed by atoms with Gasteiger partial charge < -0.3 is 9.67 Å². The van der Waals surface area contributed by atoms with Crippen molar-refractivity contribution in [1.82, 2.24) is 14.5 Å². The monoisotopic (exact) mass is 277 g/mol. The number of carbonyl (C=O) groups is 1. The minimum absolute atomic E-state index is 0.235. The van der Waals surface area contributed by atoms with Crippen LogP contribution in [0.3, 0.4) is 0 Å². The normalized spacial score (nSPS) is 27.2. The van der Waals surface area contributed by atoms with Gasteiger partial charge in [-0.1, -0.05) is 13.3 Å². The molecular weight excluding hydrogens is 254 g/mol. The number of likely N-dealkylation sites (tertiary alicyclic amines) is 1. The van der Waals surface area contributed by atoms with Crippen molar-refractivity contribution in [1.29, 1.82) is 0 Å². The van der Waals surface area contributed by atoms with Crippen molar-refractivity contribution in [3.05, 3.63) is 17.7 Å². The van der Waals surface area contributed by atoms with Crippen molar-refractivity contribution >= 4 is 5.97 Å². The van der Waals surface area contributed by atoms with Gasteiger partial charge in [-0.25, -0.2) is 4.98 Å². The van der Waals surface area contributed by atoms with E-state index in [9.17, 15) is 4.79 Å². The van der Waals surface area contributed by atoms with E-state index in [1.165, 1.54) is 19.3 Å². The molecule has 5 heteroatoms. The summed E-state index contributed by atoms with van der Waals surface area (Å²) in [6.07, 6.45) is 6.96. The van der Waals surface area contributed by atoms with Crippen LogP contribution < -0.4 is 0 Å². The molecule has 2 aliphatic rings. The quantitative estimate of drug-likeness (QED) is 0.919. The van der Waals surface area contributed by atoms with Crippen LogP contribution in [0.4, 0.5) is 0 Å². The number of fused-ring (bicyclic) bond motifs is 1. The molecule has 0 amide bonds. The molecule has 20 heavy (non-hydrogen) atoms. The maximum atomic E-state index is 11.1. The zero-order chi connectivity index (χ0) is 14.1. The van der Waals surface area contributed by atoms with E-state index >= 15 is 0 Å². The van der Waals surface area contributed by atoms with Gasteiger partial charge >= 0.3 is 5.97 Å². The number of hydrogen-bond acceptors (Lipinski definition) is 3. The number of carboxylic acids is 1. The van der Waals surface area contributed by atoms with Crippen LogP contribution in [0.2, 0.25) is 0 Å². The Labute approximate surface area is 119 Å². The van der Waals surface area contributed by atoms with Gasteiger partial charge in [0.25, 0.3) is 0 Å². The average molecular weight is 277 g/mol. The Morgan fingerprint density at radius 2 is 2.25 bits per heavy atom. The molecule has 0 spiro atoms. The molecule has 1 aromatic heterocycles. The van der Waals surface area contributed by atoms with Gasteiger partial charge in [0.2, 0.25) is 0 Å². The summed E-state index contributed by atoms with van der Waals surface area (Å²) in [5.41, 5.74) is 1.10. The number of aliphatic carboxylic acids is 1. The molecule has 1 saturated heterocycles. The smallest absolute Gasteiger partial charge is 0.306 e. The SMILES string of the molecule is CCN1CCCCC1c1ncc2n1CCC(C(=O)O)C2. The summed E-state index contributed by atoms with van der Waals surface area (Å²) in [6.45, 7) is 5.22.